The van der Waals surface area contributed by atoms with Gasteiger partial charge in [0.05, 0.1) is 15.7 Å². The molecule has 0 bridgehead atoms. The van der Waals surface area contributed by atoms with E-state index in [9.17, 15) is 0 Å². The summed E-state index contributed by atoms with van der Waals surface area (Å²) < 4.78 is 4.83. The minimum absolute atomic E-state index is 0.662. The van der Waals surface area contributed by atoms with E-state index in [1.165, 1.54) is 37.6 Å². The smallest absolute Gasteiger partial charge is 0.165 e. The highest BCUT2D eigenvalue weighted by molar-refractivity contribution is 7.27. The van der Waals surface area contributed by atoms with Crippen molar-refractivity contribution in [3.05, 3.63) is 158 Å². The number of rotatable bonds is 5. The van der Waals surface area contributed by atoms with Crippen LogP contribution >= 0.6 is 11.3 Å². The van der Waals surface area contributed by atoms with Gasteiger partial charge in [0.1, 0.15) is 0 Å². The average molecular weight is 607 g/mol. The normalized spacial score (nSPS) is 11.5. The zero-order valence-electron chi connectivity index (χ0n) is 24.7. The molecule has 0 spiro atoms. The van der Waals surface area contributed by atoms with Gasteiger partial charge < -0.3 is 4.57 Å². The van der Waals surface area contributed by atoms with Crippen molar-refractivity contribution in [1.82, 2.24) is 19.5 Å². The van der Waals surface area contributed by atoms with E-state index in [1.54, 1.807) is 0 Å². The molecule has 46 heavy (non-hydrogen) atoms. The highest BCUT2D eigenvalue weighted by atomic mass is 32.1. The summed E-state index contributed by atoms with van der Waals surface area (Å²) in [5.41, 5.74) is 8.85. The number of hydrogen-bond donors (Lipinski definition) is 0. The van der Waals surface area contributed by atoms with Crippen LogP contribution in [0.4, 0.5) is 0 Å². The fourth-order valence-corrected chi connectivity index (χ4v) is 7.65. The van der Waals surface area contributed by atoms with Gasteiger partial charge in [-0.25, -0.2) is 15.0 Å². The van der Waals surface area contributed by atoms with E-state index >= 15 is 0 Å². The molecule has 9 aromatic rings. The molecular weight excluding hydrogens is 581 g/mol. The molecule has 5 heteroatoms. The van der Waals surface area contributed by atoms with E-state index < -0.39 is 0 Å². The van der Waals surface area contributed by atoms with Crippen LogP contribution in [0.1, 0.15) is 0 Å². The van der Waals surface area contributed by atoms with Crippen LogP contribution in [0.5, 0.6) is 0 Å². The van der Waals surface area contributed by atoms with Crippen LogP contribution in [0.2, 0.25) is 0 Å². The van der Waals surface area contributed by atoms with Crippen molar-refractivity contribution in [1.29, 1.82) is 0 Å². The van der Waals surface area contributed by atoms with Gasteiger partial charge in [-0.05, 0) is 35.4 Å². The Balaban J connectivity index is 1.30. The number of benzene rings is 6. The maximum absolute atomic E-state index is 5.07. The monoisotopic (exact) mass is 606 g/mol. The lowest BCUT2D eigenvalue weighted by Crippen LogP contribution is -2.00. The molecule has 6 aromatic carbocycles. The first-order valence-electron chi connectivity index (χ1n) is 15.3. The third-order valence-corrected chi connectivity index (χ3v) is 9.72. The quantitative estimate of drug-likeness (QED) is 0.196. The number of nitrogens with zero attached hydrogens (tertiary/aromatic N) is 4. The van der Waals surface area contributed by atoms with E-state index in [2.05, 4.69) is 102 Å². The molecule has 0 radical (unpaired) electrons. The van der Waals surface area contributed by atoms with Gasteiger partial charge in [-0.2, -0.15) is 0 Å². The number of fused-ring (bicyclic) bond motifs is 5. The minimum atomic E-state index is 0.662. The molecule has 0 saturated carbocycles. The summed E-state index contributed by atoms with van der Waals surface area (Å²) >= 11 is 1.81. The average Bonchev–Trinajstić information content (AvgIpc) is 3.67. The first kappa shape index (κ1) is 26.5. The Morgan fingerprint density at radius 2 is 0.957 bits per heavy atom. The molecule has 9 rings (SSSR count). The number of aromatic nitrogens is 4. The molecule has 3 aromatic heterocycles. The Morgan fingerprint density at radius 3 is 1.65 bits per heavy atom. The lowest BCUT2D eigenvalue weighted by molar-refractivity contribution is 1.08. The molecule has 0 aliphatic heterocycles. The zero-order chi connectivity index (χ0) is 30.5. The number of thiophene rings is 1. The SMILES string of the molecule is c1ccc(-c2cccc(-n3c4ccccc4c4sc5c(-c6nc(-c7ccccc7)nc(-c7ccccc7)n6)cccc5c43)c2)cc1. The van der Waals surface area contributed by atoms with Gasteiger partial charge in [-0.1, -0.05) is 133 Å². The Hall–Kier alpha value is -5.91. The predicted molar refractivity (Wildman–Crippen MR) is 191 cm³/mol. The van der Waals surface area contributed by atoms with Crippen molar-refractivity contribution in [2.24, 2.45) is 0 Å². The van der Waals surface area contributed by atoms with Crippen molar-refractivity contribution in [3.63, 3.8) is 0 Å². The van der Waals surface area contributed by atoms with Gasteiger partial charge in [0.25, 0.3) is 0 Å². The maximum atomic E-state index is 5.07. The summed E-state index contributed by atoms with van der Waals surface area (Å²) in [4.78, 5) is 15.1. The van der Waals surface area contributed by atoms with Gasteiger partial charge in [0.2, 0.25) is 0 Å². The van der Waals surface area contributed by atoms with Gasteiger partial charge in [-0.3, -0.25) is 0 Å². The third-order valence-electron chi connectivity index (χ3n) is 8.45. The Kier molecular flexibility index (Phi) is 6.28. The molecule has 0 saturated heterocycles. The van der Waals surface area contributed by atoms with E-state index in [-0.39, 0.29) is 0 Å². The molecule has 0 atom stereocenters. The summed E-state index contributed by atoms with van der Waals surface area (Å²) in [7, 11) is 0. The minimum Gasteiger partial charge on any atom is -0.308 e. The summed E-state index contributed by atoms with van der Waals surface area (Å²) in [6.07, 6.45) is 0. The van der Waals surface area contributed by atoms with E-state index in [0.29, 0.717) is 17.5 Å². The van der Waals surface area contributed by atoms with Crippen LogP contribution in [-0.4, -0.2) is 19.5 Å². The van der Waals surface area contributed by atoms with Gasteiger partial charge in [0.15, 0.2) is 17.5 Å². The maximum Gasteiger partial charge on any atom is 0.165 e. The Morgan fingerprint density at radius 1 is 0.413 bits per heavy atom. The number of para-hydroxylation sites is 1. The molecule has 0 aliphatic carbocycles. The van der Waals surface area contributed by atoms with Crippen molar-refractivity contribution in [3.8, 4) is 51.0 Å². The molecule has 0 unspecified atom stereocenters. The molecule has 0 N–H and O–H groups in total. The van der Waals surface area contributed by atoms with Crippen LogP contribution in [0.25, 0.3) is 82.2 Å². The topological polar surface area (TPSA) is 43.6 Å². The fraction of sp³-hybridized carbons (Fsp3) is 0. The zero-order valence-corrected chi connectivity index (χ0v) is 25.5. The standard InChI is InChI=1S/C41H26N4S/c1-4-14-27(15-5-1)30-20-12-21-31(26-30)45-35-25-11-10-22-32(35)38-36(45)33-23-13-24-34(37(33)46-38)41-43-39(28-16-6-2-7-17-28)42-40(44-41)29-18-8-3-9-19-29/h1-26H. The first-order valence-corrected chi connectivity index (χ1v) is 16.1. The Labute approximate surface area is 269 Å². The molecular formula is C41H26N4S. The summed E-state index contributed by atoms with van der Waals surface area (Å²) in [6, 6.07) is 54.9. The van der Waals surface area contributed by atoms with E-state index in [1.807, 2.05) is 72.0 Å². The van der Waals surface area contributed by atoms with Crippen molar-refractivity contribution in [2.75, 3.05) is 0 Å². The van der Waals surface area contributed by atoms with Crippen LogP contribution in [0.3, 0.4) is 0 Å². The second-order valence-corrected chi connectivity index (χ2v) is 12.3. The molecule has 0 amide bonds. The second kappa shape index (κ2) is 10.9. The largest absolute Gasteiger partial charge is 0.308 e. The highest BCUT2D eigenvalue weighted by Crippen LogP contribution is 2.45. The summed E-state index contributed by atoms with van der Waals surface area (Å²) in [5, 5.41) is 2.42. The van der Waals surface area contributed by atoms with Crippen LogP contribution < -0.4 is 0 Å². The van der Waals surface area contributed by atoms with Crippen molar-refractivity contribution < 1.29 is 0 Å². The number of hydrogen-bond acceptors (Lipinski definition) is 4. The lowest BCUT2D eigenvalue weighted by Gasteiger charge is -2.11. The van der Waals surface area contributed by atoms with Gasteiger partial charge >= 0.3 is 0 Å². The fourth-order valence-electron chi connectivity index (χ4n) is 6.32. The van der Waals surface area contributed by atoms with Crippen molar-refractivity contribution in [2.45, 2.75) is 0 Å². The third kappa shape index (κ3) is 4.40. The van der Waals surface area contributed by atoms with E-state index in [0.717, 1.165) is 27.1 Å². The molecule has 0 aliphatic rings. The van der Waals surface area contributed by atoms with Crippen LogP contribution in [0, 0.1) is 0 Å². The second-order valence-electron chi connectivity index (χ2n) is 11.3. The van der Waals surface area contributed by atoms with E-state index in [4.69, 9.17) is 15.0 Å². The summed E-state index contributed by atoms with van der Waals surface area (Å²) in [5.74, 6) is 2.00. The molecule has 4 nitrogen and oxygen atoms in total. The molecule has 3 heterocycles. The Bertz CT molecular complexity index is 2460. The van der Waals surface area contributed by atoms with Gasteiger partial charge in [0, 0.05) is 37.9 Å². The summed E-state index contributed by atoms with van der Waals surface area (Å²) in [6.45, 7) is 0. The highest BCUT2D eigenvalue weighted by Gasteiger charge is 2.21. The predicted octanol–water partition coefficient (Wildman–Crippen LogP) is 10.9. The van der Waals surface area contributed by atoms with Crippen LogP contribution in [-0.2, 0) is 0 Å². The molecule has 216 valence electrons. The first-order chi connectivity index (χ1) is 22.8. The lowest BCUT2D eigenvalue weighted by atomic mass is 10.1. The van der Waals surface area contributed by atoms with Gasteiger partial charge in [-0.15, -0.1) is 11.3 Å². The van der Waals surface area contributed by atoms with Crippen LogP contribution in [0.15, 0.2) is 158 Å². The molecule has 0 fully saturated rings. The van der Waals surface area contributed by atoms with Crippen molar-refractivity contribution >= 4 is 42.5 Å².